The molecule has 0 saturated heterocycles. The molecular formula is C37H66OSi. The third kappa shape index (κ3) is 5.88. The molecule has 0 aromatic carbocycles. The molecule has 6 aliphatic carbocycles. The van der Waals surface area contributed by atoms with E-state index in [1.165, 1.54) is 30.3 Å². The van der Waals surface area contributed by atoms with Crippen LogP contribution in [0.5, 0.6) is 0 Å². The zero-order valence-electron chi connectivity index (χ0n) is 26.7. The normalized spacial score (nSPS) is 43.7. The van der Waals surface area contributed by atoms with Crippen LogP contribution in [-0.2, 0) is 4.74 Å². The standard InChI is InChI=1S/C37H66OSi/c1-37(2,3)38-25-15-5-6-16-26-39(4,35-31-21-11-7-17-27(31)28-18-8-12-22-32(28)35)36-33-23-13-9-19-29(33)30-20-10-14-24-34(30)36/h27-36H,5-26H2,1-4H3. The molecule has 0 aromatic rings. The lowest BCUT2D eigenvalue weighted by atomic mass is 9.73. The molecule has 8 atom stereocenters. The molecule has 0 aliphatic heterocycles. The Hall–Kier alpha value is 0.177. The Kier molecular flexibility index (Phi) is 9.32. The maximum atomic E-state index is 6.08. The van der Waals surface area contributed by atoms with E-state index in [0.29, 0.717) is 0 Å². The van der Waals surface area contributed by atoms with E-state index in [4.69, 9.17) is 4.74 Å². The highest BCUT2D eigenvalue weighted by Gasteiger charge is 2.64. The van der Waals surface area contributed by atoms with Crippen molar-refractivity contribution >= 4 is 8.07 Å². The van der Waals surface area contributed by atoms with Crippen LogP contribution < -0.4 is 0 Å². The van der Waals surface area contributed by atoms with E-state index in [9.17, 15) is 0 Å². The van der Waals surface area contributed by atoms with E-state index in [0.717, 1.165) is 54.0 Å². The largest absolute Gasteiger partial charge is 0.376 e. The van der Waals surface area contributed by atoms with Gasteiger partial charge in [-0.25, -0.2) is 0 Å². The molecule has 39 heavy (non-hydrogen) atoms. The third-order valence-corrected chi connectivity index (χ3v) is 20.3. The number of hydrogen-bond acceptors (Lipinski definition) is 1. The van der Waals surface area contributed by atoms with Gasteiger partial charge in [-0.3, -0.25) is 0 Å². The van der Waals surface area contributed by atoms with Crippen LogP contribution in [0.2, 0.25) is 23.7 Å². The number of rotatable bonds is 9. The van der Waals surface area contributed by atoms with Crippen LogP contribution in [0.25, 0.3) is 0 Å². The quantitative estimate of drug-likeness (QED) is 0.203. The molecule has 0 bridgehead atoms. The summed E-state index contributed by atoms with van der Waals surface area (Å²) in [6, 6.07) is 1.70. The van der Waals surface area contributed by atoms with E-state index >= 15 is 0 Å². The smallest absolute Gasteiger partial charge is 0.0598 e. The summed E-state index contributed by atoms with van der Waals surface area (Å²) in [5.74, 6) is 9.15. The second-order valence-corrected chi connectivity index (χ2v) is 22.0. The molecule has 0 spiro atoms. The van der Waals surface area contributed by atoms with Gasteiger partial charge in [0.25, 0.3) is 0 Å². The van der Waals surface area contributed by atoms with Crippen molar-refractivity contribution in [3.8, 4) is 0 Å². The van der Waals surface area contributed by atoms with Crippen LogP contribution in [0, 0.1) is 47.3 Å². The maximum Gasteiger partial charge on any atom is 0.0598 e. The molecule has 6 rings (SSSR count). The zero-order valence-corrected chi connectivity index (χ0v) is 27.7. The molecule has 0 heterocycles. The number of fused-ring (bicyclic) bond motifs is 6. The number of unbranched alkanes of at least 4 members (excludes halogenated alkanes) is 3. The molecule has 0 aromatic heterocycles. The van der Waals surface area contributed by atoms with Gasteiger partial charge in [-0.2, -0.15) is 0 Å². The predicted molar refractivity (Wildman–Crippen MR) is 170 cm³/mol. The van der Waals surface area contributed by atoms with Gasteiger partial charge in [0, 0.05) is 6.61 Å². The molecule has 0 amide bonds. The second-order valence-electron chi connectivity index (χ2n) is 17.1. The summed E-state index contributed by atoms with van der Waals surface area (Å²) in [7, 11) is -1.45. The van der Waals surface area contributed by atoms with Crippen molar-refractivity contribution < 1.29 is 4.74 Å². The van der Waals surface area contributed by atoms with Gasteiger partial charge in [0.05, 0.1) is 13.7 Å². The van der Waals surface area contributed by atoms with Crippen LogP contribution >= 0.6 is 0 Å². The molecule has 8 unspecified atom stereocenters. The fraction of sp³-hybridized carbons (Fsp3) is 1.00. The highest BCUT2D eigenvalue weighted by molar-refractivity contribution is 6.81. The fourth-order valence-corrected chi connectivity index (χ4v) is 20.8. The predicted octanol–water partition coefficient (Wildman–Crippen LogP) is 11.4. The molecule has 0 radical (unpaired) electrons. The lowest BCUT2D eigenvalue weighted by Crippen LogP contribution is -2.50. The van der Waals surface area contributed by atoms with Gasteiger partial charge >= 0.3 is 0 Å². The molecule has 1 nitrogen and oxygen atoms in total. The van der Waals surface area contributed by atoms with Crippen LogP contribution in [0.3, 0.4) is 0 Å². The van der Waals surface area contributed by atoms with Crippen molar-refractivity contribution in [1.82, 2.24) is 0 Å². The zero-order chi connectivity index (χ0) is 27.0. The van der Waals surface area contributed by atoms with E-state index in [1.807, 2.05) is 0 Å². The monoisotopic (exact) mass is 554 g/mol. The lowest BCUT2D eigenvalue weighted by molar-refractivity contribution is -0.00471. The first-order valence-corrected chi connectivity index (χ1v) is 21.4. The molecule has 6 saturated carbocycles. The first kappa shape index (κ1) is 29.3. The Morgan fingerprint density at radius 1 is 0.487 bits per heavy atom. The summed E-state index contributed by atoms with van der Waals surface area (Å²) in [5.41, 5.74) is 2.42. The molecule has 6 fully saturated rings. The van der Waals surface area contributed by atoms with Gasteiger partial charge < -0.3 is 4.74 Å². The van der Waals surface area contributed by atoms with Crippen molar-refractivity contribution in [2.45, 2.75) is 178 Å². The van der Waals surface area contributed by atoms with Crippen molar-refractivity contribution in [1.29, 1.82) is 0 Å². The Labute approximate surface area is 244 Å². The summed E-state index contributed by atoms with van der Waals surface area (Å²) in [6.45, 7) is 10.7. The average molecular weight is 555 g/mol. The van der Waals surface area contributed by atoms with Gasteiger partial charge in [0.2, 0.25) is 0 Å². The third-order valence-electron chi connectivity index (χ3n) is 14.1. The minimum atomic E-state index is -1.45. The van der Waals surface area contributed by atoms with Crippen LogP contribution in [0.15, 0.2) is 0 Å². The van der Waals surface area contributed by atoms with Gasteiger partial charge in [0.15, 0.2) is 0 Å². The van der Waals surface area contributed by atoms with Gasteiger partial charge in [-0.15, -0.1) is 0 Å². The Morgan fingerprint density at radius 3 is 1.18 bits per heavy atom. The molecule has 0 N–H and O–H groups in total. The lowest BCUT2D eigenvalue weighted by Gasteiger charge is -2.51. The van der Waals surface area contributed by atoms with Crippen molar-refractivity contribution in [2.75, 3.05) is 6.61 Å². The Morgan fingerprint density at radius 2 is 0.821 bits per heavy atom. The second kappa shape index (κ2) is 12.4. The Bertz CT molecular complexity index is 693. The summed E-state index contributed by atoms with van der Waals surface area (Å²) in [6.07, 6.45) is 31.2. The van der Waals surface area contributed by atoms with Crippen molar-refractivity contribution in [2.24, 2.45) is 47.3 Å². The highest BCUT2D eigenvalue weighted by atomic mass is 28.3. The van der Waals surface area contributed by atoms with Crippen LogP contribution in [-0.4, -0.2) is 20.3 Å². The maximum absolute atomic E-state index is 6.08. The fourth-order valence-electron chi connectivity index (χ4n) is 13.1. The summed E-state index contributed by atoms with van der Waals surface area (Å²) in [4.78, 5) is 0. The minimum absolute atomic E-state index is 0.0244. The summed E-state index contributed by atoms with van der Waals surface area (Å²) in [5, 5.41) is 0. The first-order valence-electron chi connectivity index (χ1n) is 18.5. The number of hydrogen-bond donors (Lipinski definition) is 0. The molecule has 224 valence electrons. The topological polar surface area (TPSA) is 9.23 Å². The van der Waals surface area contributed by atoms with Crippen molar-refractivity contribution in [3.63, 3.8) is 0 Å². The summed E-state index contributed by atoms with van der Waals surface area (Å²) >= 11 is 0. The SMILES string of the molecule is CC(C)(C)OCCCCCC[Si](C)(C1C2CCCCC2C2CCCCC21)C1C2CCCCC2C2CCCCC21. The number of ether oxygens (including phenoxy) is 1. The van der Waals surface area contributed by atoms with Gasteiger partial charge in [0.1, 0.15) is 0 Å². The molecular weight excluding hydrogens is 488 g/mol. The van der Waals surface area contributed by atoms with Crippen molar-refractivity contribution in [3.05, 3.63) is 0 Å². The molecule has 6 aliphatic rings. The van der Waals surface area contributed by atoms with E-state index in [1.54, 1.807) is 115 Å². The highest BCUT2D eigenvalue weighted by Crippen LogP contribution is 2.71. The van der Waals surface area contributed by atoms with Gasteiger partial charge in [-0.05, 0) is 111 Å². The molecule has 2 heteroatoms. The van der Waals surface area contributed by atoms with E-state index in [-0.39, 0.29) is 5.60 Å². The minimum Gasteiger partial charge on any atom is -0.376 e. The Balaban J connectivity index is 1.26. The van der Waals surface area contributed by atoms with Crippen LogP contribution in [0.1, 0.15) is 149 Å². The first-order chi connectivity index (χ1) is 18.9. The average Bonchev–Trinajstić information content (AvgIpc) is 3.46. The van der Waals surface area contributed by atoms with Crippen LogP contribution in [0.4, 0.5) is 0 Å². The van der Waals surface area contributed by atoms with Gasteiger partial charge in [-0.1, -0.05) is 109 Å². The van der Waals surface area contributed by atoms with E-state index in [2.05, 4.69) is 27.3 Å². The van der Waals surface area contributed by atoms with E-state index < -0.39 is 8.07 Å². The summed E-state index contributed by atoms with van der Waals surface area (Å²) < 4.78 is 6.08.